The Labute approximate surface area is 171 Å². The van der Waals surface area contributed by atoms with Crippen LogP contribution >= 0.6 is 0 Å². The second kappa shape index (κ2) is 6.59. The van der Waals surface area contributed by atoms with Crippen LogP contribution in [-0.2, 0) is 0 Å². The van der Waals surface area contributed by atoms with Crippen molar-refractivity contribution in [2.45, 2.75) is 0 Å². The van der Waals surface area contributed by atoms with Gasteiger partial charge in [0.1, 0.15) is 0 Å². The molecule has 0 saturated heterocycles. The molecule has 0 atom stereocenters. The van der Waals surface area contributed by atoms with Crippen molar-refractivity contribution in [3.05, 3.63) is 91.5 Å². The molecule has 5 heterocycles. The molecule has 0 spiro atoms. The van der Waals surface area contributed by atoms with E-state index in [9.17, 15) is 0 Å². The minimum atomic E-state index is 0.655. The Hall–Kier alpha value is -4.39. The first kappa shape index (κ1) is 16.6. The summed E-state index contributed by atoms with van der Waals surface area (Å²) in [4.78, 5) is 13.5. The second-order valence-corrected chi connectivity index (χ2v) is 6.91. The van der Waals surface area contributed by atoms with E-state index in [2.05, 4.69) is 37.3 Å². The van der Waals surface area contributed by atoms with Crippen LogP contribution < -0.4 is 0 Å². The smallest absolute Gasteiger partial charge is 0.182 e. The average Bonchev–Trinajstić information content (AvgIpc) is 3.44. The predicted molar refractivity (Wildman–Crippen MR) is 114 cm³/mol. The maximum absolute atomic E-state index is 4.69. The summed E-state index contributed by atoms with van der Waals surface area (Å²) < 4.78 is 3.55. The zero-order valence-electron chi connectivity index (χ0n) is 15.8. The lowest BCUT2D eigenvalue weighted by Gasteiger charge is -2.06. The van der Waals surface area contributed by atoms with Crippen molar-refractivity contribution < 1.29 is 0 Å². The molecular weight excluding hydrogens is 374 g/mol. The van der Waals surface area contributed by atoms with Crippen LogP contribution in [0.5, 0.6) is 0 Å². The van der Waals surface area contributed by atoms with Crippen molar-refractivity contribution in [1.82, 2.24) is 34.2 Å². The molecule has 0 aliphatic heterocycles. The number of pyridine rings is 3. The molecule has 0 aliphatic carbocycles. The fourth-order valence-corrected chi connectivity index (χ4v) is 3.50. The van der Waals surface area contributed by atoms with Gasteiger partial charge in [0.25, 0.3) is 0 Å². The Kier molecular flexibility index (Phi) is 3.64. The van der Waals surface area contributed by atoms with Gasteiger partial charge in [0.15, 0.2) is 22.9 Å². The van der Waals surface area contributed by atoms with E-state index in [1.54, 1.807) is 21.4 Å². The summed E-state index contributed by atoms with van der Waals surface area (Å²) in [5.41, 5.74) is 5.50. The predicted octanol–water partition coefficient (Wildman–Crippen LogP) is 4.17. The van der Waals surface area contributed by atoms with Crippen molar-refractivity contribution in [2.24, 2.45) is 0 Å². The third-order valence-corrected chi connectivity index (χ3v) is 4.95. The van der Waals surface area contributed by atoms with E-state index >= 15 is 0 Å². The van der Waals surface area contributed by atoms with Crippen LogP contribution in [0.4, 0.5) is 0 Å². The van der Waals surface area contributed by atoms with Gasteiger partial charge >= 0.3 is 0 Å². The van der Waals surface area contributed by atoms with Crippen LogP contribution in [0.2, 0.25) is 0 Å². The SMILES string of the molecule is c1ccn2nc(-c3cc(-c4ccncc4)cc(-c4nc5ccccn5n4)c3)nc2c1. The highest BCUT2D eigenvalue weighted by Gasteiger charge is 2.14. The van der Waals surface area contributed by atoms with Gasteiger partial charge in [-0.1, -0.05) is 12.1 Å². The van der Waals surface area contributed by atoms with Crippen LogP contribution in [0.25, 0.3) is 45.2 Å². The van der Waals surface area contributed by atoms with Gasteiger partial charge in [-0.15, -0.1) is 10.2 Å². The maximum atomic E-state index is 4.69. The van der Waals surface area contributed by atoms with Gasteiger partial charge in [-0.25, -0.2) is 19.0 Å². The second-order valence-electron chi connectivity index (χ2n) is 6.91. The third kappa shape index (κ3) is 2.80. The van der Waals surface area contributed by atoms with Crippen LogP contribution in [0.1, 0.15) is 0 Å². The molecular formula is C23H15N7. The number of hydrogen-bond donors (Lipinski definition) is 0. The van der Waals surface area contributed by atoms with E-state index < -0.39 is 0 Å². The number of rotatable bonds is 3. The lowest BCUT2D eigenvalue weighted by Crippen LogP contribution is -1.90. The summed E-state index contributed by atoms with van der Waals surface area (Å²) >= 11 is 0. The van der Waals surface area contributed by atoms with Gasteiger partial charge in [-0.05, 0) is 65.7 Å². The summed E-state index contributed by atoms with van der Waals surface area (Å²) in [7, 11) is 0. The Morgan fingerprint density at radius 2 is 1.07 bits per heavy atom. The van der Waals surface area contributed by atoms with E-state index in [0.29, 0.717) is 11.6 Å². The average molecular weight is 389 g/mol. The Morgan fingerprint density at radius 3 is 1.60 bits per heavy atom. The zero-order chi connectivity index (χ0) is 19.9. The van der Waals surface area contributed by atoms with E-state index in [1.165, 1.54) is 0 Å². The number of aromatic nitrogens is 7. The Bertz CT molecular complexity index is 1340. The molecule has 0 saturated carbocycles. The Morgan fingerprint density at radius 1 is 0.533 bits per heavy atom. The summed E-state index contributed by atoms with van der Waals surface area (Å²) in [5.74, 6) is 1.31. The largest absolute Gasteiger partial charge is 0.265 e. The quantitative estimate of drug-likeness (QED) is 0.454. The first-order valence-corrected chi connectivity index (χ1v) is 9.53. The first-order valence-electron chi connectivity index (χ1n) is 9.53. The van der Waals surface area contributed by atoms with Crippen molar-refractivity contribution in [3.8, 4) is 33.9 Å². The van der Waals surface area contributed by atoms with Gasteiger partial charge in [0.2, 0.25) is 0 Å². The van der Waals surface area contributed by atoms with Gasteiger partial charge < -0.3 is 0 Å². The normalized spacial score (nSPS) is 11.3. The lowest BCUT2D eigenvalue weighted by atomic mass is 10.00. The van der Waals surface area contributed by atoms with Crippen molar-refractivity contribution >= 4 is 11.3 Å². The molecule has 0 radical (unpaired) electrons. The molecule has 0 aliphatic rings. The summed E-state index contributed by atoms with van der Waals surface area (Å²) in [6.07, 6.45) is 7.36. The van der Waals surface area contributed by atoms with Crippen LogP contribution in [0, 0.1) is 0 Å². The van der Waals surface area contributed by atoms with Gasteiger partial charge in [0.05, 0.1) is 0 Å². The monoisotopic (exact) mass is 389 g/mol. The zero-order valence-corrected chi connectivity index (χ0v) is 15.8. The molecule has 0 unspecified atom stereocenters. The van der Waals surface area contributed by atoms with E-state index in [-0.39, 0.29) is 0 Å². The van der Waals surface area contributed by atoms with Crippen molar-refractivity contribution in [3.63, 3.8) is 0 Å². The lowest BCUT2D eigenvalue weighted by molar-refractivity contribution is 0.964. The number of hydrogen-bond acceptors (Lipinski definition) is 5. The molecule has 6 aromatic rings. The highest BCUT2D eigenvalue weighted by Crippen LogP contribution is 2.30. The molecule has 0 amide bonds. The fraction of sp³-hybridized carbons (Fsp3) is 0. The van der Waals surface area contributed by atoms with E-state index in [0.717, 1.165) is 33.5 Å². The number of fused-ring (bicyclic) bond motifs is 2. The minimum Gasteiger partial charge on any atom is -0.265 e. The molecule has 7 nitrogen and oxygen atoms in total. The van der Waals surface area contributed by atoms with E-state index in [1.807, 2.05) is 67.0 Å². The molecule has 7 heteroatoms. The molecule has 30 heavy (non-hydrogen) atoms. The van der Waals surface area contributed by atoms with E-state index in [4.69, 9.17) is 0 Å². The number of benzene rings is 1. The standard InChI is InChI=1S/C23H15N7/c1-3-11-29-20(5-1)25-22(27-29)18-13-17(16-7-9-24-10-8-16)14-19(15-18)23-26-21-6-2-4-12-30(21)28-23/h1-15H. The molecule has 5 aromatic heterocycles. The van der Waals surface area contributed by atoms with Gasteiger partial charge in [-0.2, -0.15) is 0 Å². The third-order valence-electron chi connectivity index (χ3n) is 4.95. The summed E-state index contributed by atoms with van der Waals surface area (Å²) in [6, 6.07) is 21.8. The fourth-order valence-electron chi connectivity index (χ4n) is 3.50. The van der Waals surface area contributed by atoms with Gasteiger partial charge in [0, 0.05) is 35.9 Å². The highest BCUT2D eigenvalue weighted by molar-refractivity contribution is 5.78. The molecule has 1 aromatic carbocycles. The summed E-state index contributed by atoms with van der Waals surface area (Å²) in [6.45, 7) is 0. The molecule has 0 N–H and O–H groups in total. The maximum Gasteiger partial charge on any atom is 0.182 e. The van der Waals surface area contributed by atoms with Crippen LogP contribution in [0.15, 0.2) is 91.5 Å². The van der Waals surface area contributed by atoms with Crippen LogP contribution in [-0.4, -0.2) is 34.2 Å². The summed E-state index contributed by atoms with van der Waals surface area (Å²) in [5, 5.41) is 9.28. The topological polar surface area (TPSA) is 73.3 Å². The molecule has 0 bridgehead atoms. The van der Waals surface area contributed by atoms with Crippen molar-refractivity contribution in [1.29, 1.82) is 0 Å². The molecule has 6 rings (SSSR count). The first-order chi connectivity index (χ1) is 14.8. The number of nitrogens with zero attached hydrogens (tertiary/aromatic N) is 7. The van der Waals surface area contributed by atoms with Crippen LogP contribution in [0.3, 0.4) is 0 Å². The minimum absolute atomic E-state index is 0.655. The Balaban J connectivity index is 1.57. The highest BCUT2D eigenvalue weighted by atomic mass is 15.3. The molecule has 0 fully saturated rings. The van der Waals surface area contributed by atoms with Crippen molar-refractivity contribution in [2.75, 3.05) is 0 Å². The molecule has 142 valence electrons. The van der Waals surface area contributed by atoms with Gasteiger partial charge in [-0.3, -0.25) is 4.98 Å².